The number of nitriles is 1. The first-order valence-electron chi connectivity index (χ1n) is 8.52. The standard InChI is InChI=1S/C19H16ClN3OS2/c20-12-6-8-13(9-7-12)23-18(24)16-14-4-1-2-5-15(14)26-17(16)22-19(23)25-11-3-10-21/h6-9H,1-5,11H2. The number of thiophene rings is 1. The van der Waals surface area contributed by atoms with Gasteiger partial charge in [0, 0.05) is 22.1 Å². The van der Waals surface area contributed by atoms with Gasteiger partial charge in [0.25, 0.3) is 5.56 Å². The largest absolute Gasteiger partial charge is 0.268 e. The average Bonchev–Trinajstić information content (AvgIpc) is 3.02. The monoisotopic (exact) mass is 401 g/mol. The molecule has 0 bridgehead atoms. The lowest BCUT2D eigenvalue weighted by Gasteiger charge is -2.13. The molecule has 26 heavy (non-hydrogen) atoms. The second-order valence-electron chi connectivity index (χ2n) is 6.16. The number of aryl methyl sites for hydroxylation is 2. The molecular formula is C19H16ClN3OS2. The van der Waals surface area contributed by atoms with Gasteiger partial charge in [-0.25, -0.2) is 4.98 Å². The summed E-state index contributed by atoms with van der Waals surface area (Å²) >= 11 is 9.11. The van der Waals surface area contributed by atoms with Crippen LogP contribution in [0.25, 0.3) is 15.9 Å². The van der Waals surface area contributed by atoms with E-state index in [4.69, 9.17) is 21.8 Å². The molecule has 0 N–H and O–H groups in total. The van der Waals surface area contributed by atoms with Crippen LogP contribution < -0.4 is 5.56 Å². The fourth-order valence-corrected chi connectivity index (χ4v) is 5.57. The fraction of sp³-hybridized carbons (Fsp3) is 0.316. The third-order valence-corrected chi connectivity index (χ3v) is 6.87. The van der Waals surface area contributed by atoms with Crippen LogP contribution in [-0.4, -0.2) is 15.3 Å². The highest BCUT2D eigenvalue weighted by Gasteiger charge is 2.22. The van der Waals surface area contributed by atoms with Gasteiger partial charge in [0.05, 0.1) is 17.1 Å². The Labute approximate surface area is 164 Å². The predicted octanol–water partition coefficient (Wildman–Crippen LogP) is 4.99. The summed E-state index contributed by atoms with van der Waals surface area (Å²) in [6.07, 6.45) is 4.70. The molecule has 7 heteroatoms. The van der Waals surface area contributed by atoms with Crippen molar-refractivity contribution < 1.29 is 0 Å². The number of halogens is 1. The van der Waals surface area contributed by atoms with Crippen molar-refractivity contribution in [2.75, 3.05) is 5.75 Å². The van der Waals surface area contributed by atoms with Gasteiger partial charge < -0.3 is 0 Å². The lowest BCUT2D eigenvalue weighted by Crippen LogP contribution is -2.22. The molecule has 3 aromatic rings. The normalized spacial score (nSPS) is 13.5. The number of hydrogen-bond donors (Lipinski definition) is 0. The molecule has 0 aliphatic heterocycles. The lowest BCUT2D eigenvalue weighted by atomic mass is 9.97. The molecule has 132 valence electrons. The van der Waals surface area contributed by atoms with Crippen molar-refractivity contribution in [1.29, 1.82) is 5.26 Å². The maximum absolute atomic E-state index is 13.4. The zero-order valence-electron chi connectivity index (χ0n) is 14.0. The summed E-state index contributed by atoms with van der Waals surface area (Å²) in [6.45, 7) is 0. The highest BCUT2D eigenvalue weighted by atomic mass is 35.5. The molecule has 0 amide bonds. The molecule has 0 saturated heterocycles. The number of hydrogen-bond acceptors (Lipinski definition) is 5. The van der Waals surface area contributed by atoms with E-state index >= 15 is 0 Å². The molecular weight excluding hydrogens is 386 g/mol. The topological polar surface area (TPSA) is 58.7 Å². The molecule has 0 fully saturated rings. The van der Waals surface area contributed by atoms with Crippen molar-refractivity contribution in [2.24, 2.45) is 0 Å². The zero-order chi connectivity index (χ0) is 18.1. The van der Waals surface area contributed by atoms with Crippen molar-refractivity contribution in [3.8, 4) is 11.8 Å². The van der Waals surface area contributed by atoms with Gasteiger partial charge in [-0.2, -0.15) is 5.26 Å². The van der Waals surface area contributed by atoms with E-state index in [1.54, 1.807) is 28.0 Å². The minimum atomic E-state index is -0.0174. The van der Waals surface area contributed by atoms with E-state index in [2.05, 4.69) is 6.07 Å². The number of benzene rings is 1. The second kappa shape index (κ2) is 7.43. The highest BCUT2D eigenvalue weighted by Crippen LogP contribution is 2.35. The Morgan fingerprint density at radius 1 is 1.27 bits per heavy atom. The van der Waals surface area contributed by atoms with Crippen molar-refractivity contribution >= 4 is 44.9 Å². The van der Waals surface area contributed by atoms with Gasteiger partial charge >= 0.3 is 0 Å². The van der Waals surface area contributed by atoms with E-state index in [0.29, 0.717) is 22.4 Å². The molecule has 1 aromatic carbocycles. The number of aromatic nitrogens is 2. The minimum absolute atomic E-state index is 0.0174. The molecule has 0 radical (unpaired) electrons. The van der Waals surface area contributed by atoms with Crippen LogP contribution in [0.15, 0.2) is 34.2 Å². The maximum Gasteiger partial charge on any atom is 0.267 e. The Kier molecular flexibility index (Phi) is 5.03. The SMILES string of the molecule is N#CCCSc1nc2sc3c(c2c(=O)n1-c1ccc(Cl)cc1)CCCC3. The smallest absolute Gasteiger partial charge is 0.267 e. The molecule has 2 heterocycles. The van der Waals surface area contributed by atoms with E-state index in [1.807, 2.05) is 12.1 Å². The van der Waals surface area contributed by atoms with Crippen molar-refractivity contribution in [3.63, 3.8) is 0 Å². The lowest BCUT2D eigenvalue weighted by molar-refractivity contribution is 0.699. The van der Waals surface area contributed by atoms with Gasteiger partial charge in [-0.1, -0.05) is 23.4 Å². The van der Waals surface area contributed by atoms with Gasteiger partial charge in [0.2, 0.25) is 0 Å². The molecule has 1 aliphatic rings. The van der Waals surface area contributed by atoms with Crippen LogP contribution in [-0.2, 0) is 12.8 Å². The van der Waals surface area contributed by atoms with Gasteiger partial charge in [-0.05, 0) is 55.5 Å². The molecule has 0 unspecified atom stereocenters. The zero-order valence-corrected chi connectivity index (χ0v) is 16.4. The van der Waals surface area contributed by atoms with Crippen LogP contribution in [0.2, 0.25) is 5.02 Å². The first kappa shape index (κ1) is 17.6. The van der Waals surface area contributed by atoms with E-state index in [-0.39, 0.29) is 5.56 Å². The van der Waals surface area contributed by atoms with Crippen LogP contribution in [0.4, 0.5) is 0 Å². The van der Waals surface area contributed by atoms with Gasteiger partial charge in [-0.3, -0.25) is 9.36 Å². The summed E-state index contributed by atoms with van der Waals surface area (Å²) in [6, 6.07) is 9.38. The van der Waals surface area contributed by atoms with E-state index < -0.39 is 0 Å². The molecule has 0 atom stereocenters. The van der Waals surface area contributed by atoms with E-state index in [9.17, 15) is 4.79 Å². The molecule has 1 aliphatic carbocycles. The van der Waals surface area contributed by atoms with Crippen LogP contribution >= 0.6 is 34.7 Å². The number of thioether (sulfide) groups is 1. The summed E-state index contributed by atoms with van der Waals surface area (Å²) in [7, 11) is 0. The van der Waals surface area contributed by atoms with Crippen LogP contribution in [0.3, 0.4) is 0 Å². The number of fused-ring (bicyclic) bond motifs is 3. The molecule has 4 nitrogen and oxygen atoms in total. The first-order valence-corrected chi connectivity index (χ1v) is 10.7. The fourth-order valence-electron chi connectivity index (χ4n) is 3.29. The summed E-state index contributed by atoms with van der Waals surface area (Å²) < 4.78 is 1.67. The summed E-state index contributed by atoms with van der Waals surface area (Å²) in [4.78, 5) is 20.4. The van der Waals surface area contributed by atoms with Crippen LogP contribution in [0.1, 0.15) is 29.7 Å². The highest BCUT2D eigenvalue weighted by molar-refractivity contribution is 7.99. The second-order valence-corrected chi connectivity index (χ2v) is 8.74. The summed E-state index contributed by atoms with van der Waals surface area (Å²) in [5.41, 5.74) is 1.92. The van der Waals surface area contributed by atoms with Crippen molar-refractivity contribution in [3.05, 3.63) is 50.1 Å². The quantitative estimate of drug-likeness (QED) is 0.351. The maximum atomic E-state index is 13.4. The average molecular weight is 402 g/mol. The molecule has 4 rings (SSSR count). The Balaban J connectivity index is 1.94. The van der Waals surface area contributed by atoms with Gasteiger partial charge in [-0.15, -0.1) is 11.3 Å². The first-order chi connectivity index (χ1) is 12.7. The van der Waals surface area contributed by atoms with E-state index in [0.717, 1.165) is 35.2 Å². The number of nitrogens with zero attached hydrogens (tertiary/aromatic N) is 3. The molecule has 0 saturated carbocycles. The minimum Gasteiger partial charge on any atom is -0.268 e. The van der Waals surface area contributed by atoms with Crippen LogP contribution in [0, 0.1) is 11.3 Å². The van der Waals surface area contributed by atoms with Crippen molar-refractivity contribution in [2.45, 2.75) is 37.3 Å². The third kappa shape index (κ3) is 3.16. The predicted molar refractivity (Wildman–Crippen MR) is 108 cm³/mol. The Bertz CT molecular complexity index is 1060. The summed E-state index contributed by atoms with van der Waals surface area (Å²) in [5, 5.41) is 10.9. The number of rotatable bonds is 4. The Hall–Kier alpha value is -1.81. The van der Waals surface area contributed by atoms with Gasteiger partial charge in [0.15, 0.2) is 5.16 Å². The molecule has 2 aromatic heterocycles. The van der Waals surface area contributed by atoms with Crippen LogP contribution in [0.5, 0.6) is 0 Å². The third-order valence-electron chi connectivity index (χ3n) is 4.49. The van der Waals surface area contributed by atoms with Gasteiger partial charge in [0.1, 0.15) is 4.83 Å². The Morgan fingerprint density at radius 3 is 2.81 bits per heavy atom. The summed E-state index contributed by atoms with van der Waals surface area (Å²) in [5.74, 6) is 0.604. The van der Waals surface area contributed by atoms with Crippen molar-refractivity contribution in [1.82, 2.24) is 9.55 Å². The van der Waals surface area contributed by atoms with E-state index in [1.165, 1.54) is 28.6 Å². The Morgan fingerprint density at radius 2 is 2.04 bits per heavy atom. The molecule has 0 spiro atoms.